The van der Waals surface area contributed by atoms with Gasteiger partial charge in [-0.25, -0.2) is 0 Å². The van der Waals surface area contributed by atoms with Crippen molar-refractivity contribution >= 4 is 33.4 Å². The first kappa shape index (κ1) is 52.6. The number of nitrogens with zero attached hydrogens (tertiary/aromatic N) is 8. The standard InChI is InChI=1S/C64H58N8O2.2Pt/c1-63(2,3)45-35-51(71-43-69(59-15-7-9-17-61(59)71)49-23-19-47(20-24-49)67-31-11-12-32-67)39-55(37-45)73-53-27-29-65-57(41-53)58-42-54(28-30-66-58)74-56-38-46(64(4,5)6)36-52(40-56)72-44-70(60-16-8-10-18-62(60)72)50-25-21-48(22-26-50)68-33-13-14-34-68;;/h7-10,15-30,35-38H,11-14,31-34H2,1-6H3;;/q-4;;. The van der Waals surface area contributed by atoms with Gasteiger partial charge in [0.2, 0.25) is 0 Å². The number of anilines is 2. The molecule has 0 atom stereocenters. The number of hydrogen-bond acceptors (Lipinski definition) is 6. The molecule has 2 saturated heterocycles. The third-order valence-electron chi connectivity index (χ3n) is 14.2. The van der Waals surface area contributed by atoms with Crippen molar-refractivity contribution in [2.45, 2.75) is 78.1 Å². The topological polar surface area (TPSA) is 68.3 Å². The molecule has 0 spiro atoms. The maximum Gasteiger partial charge on any atom is 0.268 e. The molecule has 10 aromatic rings. The number of benzene rings is 6. The predicted octanol–water partition coefficient (Wildman–Crippen LogP) is 12.8. The average Bonchev–Trinajstić information content (AvgIpc) is 4.30. The van der Waals surface area contributed by atoms with Gasteiger partial charge in [-0.1, -0.05) is 90.1 Å². The van der Waals surface area contributed by atoms with Crippen molar-refractivity contribution in [3.8, 4) is 57.1 Å². The molecular weight excluding hydrogens is 1300 g/mol. The van der Waals surface area contributed by atoms with Crippen LogP contribution < -0.4 is 28.4 Å². The first-order chi connectivity index (χ1) is 35.9. The summed E-state index contributed by atoms with van der Waals surface area (Å²) in [6, 6.07) is 60.3. The number of pyridine rings is 2. The fourth-order valence-corrected chi connectivity index (χ4v) is 10.0. The monoisotopic (exact) mass is 1360 g/mol. The van der Waals surface area contributed by atoms with Gasteiger partial charge in [0.25, 0.3) is 12.7 Å². The van der Waals surface area contributed by atoms with E-state index in [1.165, 1.54) is 37.1 Å². The molecule has 6 heterocycles. The molecule has 0 N–H and O–H groups in total. The quantitative estimate of drug-likeness (QED) is 0.0949. The van der Waals surface area contributed by atoms with Crippen molar-refractivity contribution in [1.82, 2.24) is 19.1 Å². The molecule has 0 bridgehead atoms. The molecule has 4 aromatic heterocycles. The van der Waals surface area contributed by atoms with Gasteiger partial charge in [-0.15, -0.1) is 47.8 Å². The molecule has 0 radical (unpaired) electrons. The van der Waals surface area contributed by atoms with Gasteiger partial charge in [-0.2, -0.15) is 35.4 Å². The Labute approximate surface area is 475 Å². The van der Waals surface area contributed by atoms with E-state index in [1.807, 2.05) is 12.1 Å². The van der Waals surface area contributed by atoms with E-state index >= 15 is 0 Å². The van der Waals surface area contributed by atoms with E-state index in [0.717, 1.165) is 82.1 Å². The summed E-state index contributed by atoms with van der Waals surface area (Å²) in [5, 5.41) is 0. The van der Waals surface area contributed by atoms with Gasteiger partial charge in [0.05, 0.1) is 33.4 Å². The Kier molecular flexibility index (Phi) is 15.0. The van der Waals surface area contributed by atoms with Crippen molar-refractivity contribution in [3.63, 3.8) is 0 Å². The van der Waals surface area contributed by atoms with E-state index in [9.17, 15) is 0 Å². The summed E-state index contributed by atoms with van der Waals surface area (Å²) in [6.45, 7) is 17.6. The van der Waals surface area contributed by atoms with Gasteiger partial charge in [-0.3, -0.25) is 9.13 Å². The maximum absolute atomic E-state index is 6.64. The number of imidazole rings is 2. The summed E-state index contributed by atoms with van der Waals surface area (Å²) in [7, 11) is 0. The molecular formula is C64H58N8O2Pt2-4. The van der Waals surface area contributed by atoms with E-state index < -0.39 is 0 Å². The zero-order chi connectivity index (χ0) is 50.6. The second kappa shape index (κ2) is 21.6. The molecule has 0 aliphatic carbocycles. The van der Waals surface area contributed by atoms with Gasteiger partial charge in [0.1, 0.15) is 0 Å². The van der Waals surface area contributed by atoms with E-state index in [2.05, 4.69) is 226 Å². The van der Waals surface area contributed by atoms with E-state index in [0.29, 0.717) is 34.4 Å². The van der Waals surface area contributed by atoms with Crippen LogP contribution in [0, 0.1) is 36.9 Å². The normalized spacial score (nSPS) is 13.8. The molecule has 0 amide bonds. The minimum Gasteiger partial charge on any atom is -0.511 e. The van der Waals surface area contributed by atoms with Crippen LogP contribution in [0.15, 0.2) is 146 Å². The fraction of sp³-hybridized carbons (Fsp3) is 0.250. The third kappa shape index (κ3) is 10.8. The van der Waals surface area contributed by atoms with Crippen LogP contribution in [0.4, 0.5) is 11.4 Å². The summed E-state index contributed by atoms with van der Waals surface area (Å²) >= 11 is 0. The third-order valence-corrected chi connectivity index (χ3v) is 14.2. The van der Waals surface area contributed by atoms with Gasteiger partial charge in [-0.05, 0) is 109 Å². The molecule has 10 nitrogen and oxygen atoms in total. The zero-order valence-corrected chi connectivity index (χ0v) is 48.1. The van der Waals surface area contributed by atoms with Gasteiger partial charge in [0, 0.05) is 103 Å². The van der Waals surface area contributed by atoms with Crippen molar-refractivity contribution in [2.24, 2.45) is 0 Å². The number of ether oxygens (including phenoxy) is 2. The van der Waals surface area contributed by atoms with Crippen LogP contribution in [0.2, 0.25) is 0 Å². The van der Waals surface area contributed by atoms with Crippen LogP contribution in [0.1, 0.15) is 78.4 Å². The molecule has 76 heavy (non-hydrogen) atoms. The molecule has 0 saturated carbocycles. The Bertz CT molecular complexity index is 3430. The Balaban J connectivity index is 0.00000328. The summed E-state index contributed by atoms with van der Waals surface area (Å²) in [5.41, 5.74) is 13.0. The summed E-state index contributed by atoms with van der Waals surface area (Å²) in [6.07, 6.45) is 15.7. The van der Waals surface area contributed by atoms with E-state index in [-0.39, 0.29) is 53.0 Å². The summed E-state index contributed by atoms with van der Waals surface area (Å²) in [5.74, 6) is 2.01. The van der Waals surface area contributed by atoms with Crippen LogP contribution >= 0.6 is 0 Å². The predicted molar refractivity (Wildman–Crippen MR) is 291 cm³/mol. The zero-order valence-electron chi connectivity index (χ0n) is 43.5. The number of hydrogen-bond donors (Lipinski definition) is 0. The van der Waals surface area contributed by atoms with Gasteiger partial charge in [0.15, 0.2) is 0 Å². The van der Waals surface area contributed by atoms with Crippen molar-refractivity contribution in [2.75, 3.05) is 36.0 Å². The van der Waals surface area contributed by atoms with Crippen LogP contribution in [-0.4, -0.2) is 45.3 Å². The number of rotatable bonds is 11. The molecule has 12 heteroatoms. The van der Waals surface area contributed by atoms with Crippen LogP contribution in [0.5, 0.6) is 23.0 Å². The smallest absolute Gasteiger partial charge is 0.268 e. The molecule has 390 valence electrons. The van der Waals surface area contributed by atoms with Gasteiger partial charge < -0.3 is 38.4 Å². The minimum absolute atomic E-state index is 0. The van der Waals surface area contributed by atoms with Crippen molar-refractivity contribution in [1.29, 1.82) is 0 Å². The molecule has 2 aliphatic heterocycles. The Morgan fingerprint density at radius 1 is 0.434 bits per heavy atom. The van der Waals surface area contributed by atoms with Crippen molar-refractivity contribution in [3.05, 3.63) is 194 Å². The molecule has 0 unspecified atom stereocenters. The Morgan fingerprint density at radius 2 is 0.803 bits per heavy atom. The Morgan fingerprint density at radius 3 is 1.18 bits per heavy atom. The fourth-order valence-electron chi connectivity index (χ4n) is 10.0. The second-order valence-electron chi connectivity index (χ2n) is 21.4. The van der Waals surface area contributed by atoms with Gasteiger partial charge >= 0.3 is 0 Å². The van der Waals surface area contributed by atoms with Crippen LogP contribution in [0.3, 0.4) is 0 Å². The number of fused-ring (bicyclic) bond motifs is 2. The first-order valence-corrected chi connectivity index (χ1v) is 25.8. The SMILES string of the molecule is CC(C)(C)c1cc(Oc2[c-]c(-c3[c-]c(Oc4[c-]c(-[n+]5[c-]n(-c6ccc(N7CCCC7)cc6)c6ccccc65)cc(C(C)(C)C)c4)ccn3)ncc2)[c-]c(-[n+]2[c-]n(-c3ccc(N4CCCC4)cc3)c3ccccc32)c1.[Pt].[Pt]. The van der Waals surface area contributed by atoms with E-state index in [4.69, 9.17) is 9.47 Å². The number of aromatic nitrogens is 6. The van der Waals surface area contributed by atoms with Crippen molar-refractivity contribution < 1.29 is 60.7 Å². The summed E-state index contributed by atoms with van der Waals surface area (Å²) < 4.78 is 21.7. The van der Waals surface area contributed by atoms with Crippen LogP contribution in [-0.2, 0) is 53.0 Å². The maximum atomic E-state index is 6.64. The molecule has 12 rings (SSSR count). The number of para-hydroxylation sites is 4. The molecule has 2 fully saturated rings. The summed E-state index contributed by atoms with van der Waals surface area (Å²) in [4.78, 5) is 14.2. The Hall–Kier alpha value is -6.86. The molecule has 2 aliphatic rings. The average molecular weight is 1360 g/mol. The minimum atomic E-state index is -0.196. The largest absolute Gasteiger partial charge is 0.511 e. The second-order valence-corrected chi connectivity index (χ2v) is 21.4. The van der Waals surface area contributed by atoms with E-state index in [1.54, 1.807) is 24.5 Å². The molecule has 6 aromatic carbocycles. The van der Waals surface area contributed by atoms with Crippen LogP contribution in [0.25, 0.3) is 56.2 Å². The first-order valence-electron chi connectivity index (χ1n) is 25.8.